The van der Waals surface area contributed by atoms with Gasteiger partial charge in [0.25, 0.3) is 5.91 Å². The van der Waals surface area contributed by atoms with E-state index in [0.717, 1.165) is 16.5 Å². The highest BCUT2D eigenvalue weighted by molar-refractivity contribution is 6.35. The van der Waals surface area contributed by atoms with E-state index in [9.17, 15) is 4.79 Å². The van der Waals surface area contributed by atoms with E-state index in [4.69, 9.17) is 37.4 Å². The Labute approximate surface area is 230 Å². The number of pyridine rings is 1. The molecule has 0 unspecified atom stereocenters. The van der Waals surface area contributed by atoms with Crippen molar-refractivity contribution in [3.05, 3.63) is 106 Å². The number of carbonyl (C=O) groups is 1. The van der Waals surface area contributed by atoms with Crippen molar-refractivity contribution in [2.45, 2.75) is 13.0 Å². The van der Waals surface area contributed by atoms with Crippen molar-refractivity contribution in [3.8, 4) is 17.2 Å². The average Bonchev–Trinajstić information content (AvgIpc) is 2.92. The summed E-state index contributed by atoms with van der Waals surface area (Å²) in [5.74, 6) is 1.19. The lowest BCUT2D eigenvalue weighted by molar-refractivity contribution is -0.123. The second-order valence-corrected chi connectivity index (χ2v) is 8.99. The van der Waals surface area contributed by atoms with Crippen molar-refractivity contribution in [1.82, 2.24) is 10.4 Å². The highest BCUT2D eigenvalue weighted by Gasteiger charge is 2.14. The summed E-state index contributed by atoms with van der Waals surface area (Å²) in [5.41, 5.74) is 5.50. The van der Waals surface area contributed by atoms with Crippen LogP contribution >= 0.6 is 23.2 Å². The summed E-state index contributed by atoms with van der Waals surface area (Å²) in [5, 5.41) is 6.06. The van der Waals surface area contributed by atoms with Gasteiger partial charge in [0.2, 0.25) is 0 Å². The van der Waals surface area contributed by atoms with E-state index in [1.807, 2.05) is 36.4 Å². The molecule has 1 aromatic heterocycles. The van der Waals surface area contributed by atoms with Crippen LogP contribution in [0.15, 0.2) is 84.6 Å². The van der Waals surface area contributed by atoms with Crippen molar-refractivity contribution in [1.29, 1.82) is 0 Å². The molecule has 0 radical (unpaired) electrons. The number of rotatable bonds is 11. The lowest BCUT2D eigenvalue weighted by Crippen LogP contribution is -2.24. The van der Waals surface area contributed by atoms with Crippen LogP contribution in [-0.4, -0.2) is 30.8 Å². The van der Waals surface area contributed by atoms with Gasteiger partial charge in [0.05, 0.1) is 13.3 Å². The molecule has 0 saturated heterocycles. The Balaban J connectivity index is 1.42. The second-order valence-electron chi connectivity index (χ2n) is 8.14. The standard InChI is InChI=1S/C29H25Cl2N3O4/c1-3-6-21-13-19(14-26(36-2)29(21)38-17-22-10-11-23(30)15-24(22)31)16-33-34-27(35)18-37-25-9-4-7-20-8-5-12-32-28(20)25/h3-5,7-16H,1,6,17-18H2,2H3,(H,34,35)/b33-16+. The summed E-state index contributed by atoms with van der Waals surface area (Å²) in [6.45, 7) is 3.85. The first-order chi connectivity index (χ1) is 18.5. The van der Waals surface area contributed by atoms with Crippen LogP contribution in [0.2, 0.25) is 10.0 Å². The number of fused-ring (bicyclic) bond motifs is 1. The number of carbonyl (C=O) groups excluding carboxylic acids is 1. The lowest BCUT2D eigenvalue weighted by atomic mass is 10.1. The van der Waals surface area contributed by atoms with Crippen molar-refractivity contribution < 1.29 is 19.0 Å². The molecule has 1 amide bonds. The minimum Gasteiger partial charge on any atom is -0.493 e. The van der Waals surface area contributed by atoms with Gasteiger partial charge in [-0.1, -0.05) is 53.5 Å². The number of hydrogen-bond donors (Lipinski definition) is 1. The molecule has 0 spiro atoms. The second kappa shape index (κ2) is 12.9. The summed E-state index contributed by atoms with van der Waals surface area (Å²) in [6, 6.07) is 18.2. The number of hydrogen-bond acceptors (Lipinski definition) is 6. The molecular formula is C29H25Cl2N3O4. The molecule has 0 aliphatic rings. The van der Waals surface area contributed by atoms with Crippen LogP contribution < -0.4 is 19.6 Å². The largest absolute Gasteiger partial charge is 0.493 e. The fraction of sp³-hybridized carbons (Fsp3) is 0.138. The predicted molar refractivity (Wildman–Crippen MR) is 151 cm³/mol. The molecular weight excluding hydrogens is 525 g/mol. The number of allylic oxidation sites excluding steroid dienone is 1. The first-order valence-corrected chi connectivity index (χ1v) is 12.4. The maximum Gasteiger partial charge on any atom is 0.277 e. The number of benzene rings is 3. The van der Waals surface area contributed by atoms with Gasteiger partial charge in [-0.05, 0) is 48.4 Å². The third-order valence-corrected chi connectivity index (χ3v) is 6.07. The highest BCUT2D eigenvalue weighted by atomic mass is 35.5. The van der Waals surface area contributed by atoms with Gasteiger partial charge in [-0.25, -0.2) is 5.43 Å². The summed E-state index contributed by atoms with van der Waals surface area (Å²) >= 11 is 12.3. The summed E-state index contributed by atoms with van der Waals surface area (Å²) < 4.78 is 17.3. The van der Waals surface area contributed by atoms with Gasteiger partial charge in [-0.2, -0.15) is 5.10 Å². The van der Waals surface area contributed by atoms with Crippen LogP contribution in [0.4, 0.5) is 0 Å². The quantitative estimate of drug-likeness (QED) is 0.133. The normalized spacial score (nSPS) is 10.9. The number of para-hydroxylation sites is 1. The van der Waals surface area contributed by atoms with E-state index in [1.165, 1.54) is 6.21 Å². The molecule has 9 heteroatoms. The Morgan fingerprint density at radius 2 is 1.89 bits per heavy atom. The molecule has 194 valence electrons. The molecule has 38 heavy (non-hydrogen) atoms. The fourth-order valence-electron chi connectivity index (χ4n) is 3.72. The van der Waals surface area contributed by atoms with Gasteiger partial charge >= 0.3 is 0 Å². The number of hydrazone groups is 1. The van der Waals surface area contributed by atoms with Crippen LogP contribution in [0.3, 0.4) is 0 Å². The van der Waals surface area contributed by atoms with Gasteiger partial charge in [0.1, 0.15) is 17.9 Å². The smallest absolute Gasteiger partial charge is 0.277 e. The summed E-state index contributed by atoms with van der Waals surface area (Å²) in [7, 11) is 1.55. The van der Waals surface area contributed by atoms with Gasteiger partial charge < -0.3 is 14.2 Å². The number of halogens is 2. The topological polar surface area (TPSA) is 82.0 Å². The third-order valence-electron chi connectivity index (χ3n) is 5.48. The van der Waals surface area contributed by atoms with Crippen LogP contribution in [0.5, 0.6) is 17.2 Å². The number of aromatic nitrogens is 1. The molecule has 7 nitrogen and oxygen atoms in total. The molecule has 3 aromatic carbocycles. The number of ether oxygens (including phenoxy) is 3. The predicted octanol–water partition coefficient (Wildman–Crippen LogP) is 6.39. The Morgan fingerprint density at radius 1 is 1.05 bits per heavy atom. The molecule has 0 aliphatic heterocycles. The number of nitrogens with zero attached hydrogens (tertiary/aromatic N) is 2. The number of nitrogens with one attached hydrogen (secondary N) is 1. The monoisotopic (exact) mass is 549 g/mol. The lowest BCUT2D eigenvalue weighted by Gasteiger charge is -2.16. The maximum absolute atomic E-state index is 12.3. The molecule has 0 bridgehead atoms. The molecule has 4 aromatic rings. The van der Waals surface area contributed by atoms with E-state index in [0.29, 0.717) is 44.8 Å². The van der Waals surface area contributed by atoms with Crippen molar-refractivity contribution in [2.24, 2.45) is 5.10 Å². The van der Waals surface area contributed by atoms with Crippen molar-refractivity contribution in [2.75, 3.05) is 13.7 Å². The van der Waals surface area contributed by atoms with E-state index in [2.05, 4.69) is 22.1 Å². The zero-order valence-electron chi connectivity index (χ0n) is 20.6. The van der Waals surface area contributed by atoms with E-state index in [-0.39, 0.29) is 13.2 Å². The minimum absolute atomic E-state index is 0.210. The zero-order chi connectivity index (χ0) is 26.9. The Bertz CT molecular complexity index is 1490. The molecule has 1 heterocycles. The van der Waals surface area contributed by atoms with Gasteiger partial charge in [0.15, 0.2) is 18.1 Å². The molecule has 1 N–H and O–H groups in total. The molecule has 0 atom stereocenters. The van der Waals surface area contributed by atoms with E-state index < -0.39 is 5.91 Å². The number of methoxy groups -OCH3 is 1. The maximum atomic E-state index is 12.3. The van der Waals surface area contributed by atoms with Crippen LogP contribution in [0.1, 0.15) is 16.7 Å². The highest BCUT2D eigenvalue weighted by Crippen LogP contribution is 2.34. The van der Waals surface area contributed by atoms with Gasteiger partial charge in [0, 0.05) is 32.8 Å². The van der Waals surface area contributed by atoms with Crippen LogP contribution in [0, 0.1) is 0 Å². The average molecular weight is 550 g/mol. The van der Waals surface area contributed by atoms with Crippen LogP contribution in [0.25, 0.3) is 10.9 Å². The fourth-order valence-corrected chi connectivity index (χ4v) is 4.18. The Hall–Kier alpha value is -4.07. The molecule has 0 saturated carbocycles. The molecule has 4 rings (SSSR count). The Morgan fingerprint density at radius 3 is 2.68 bits per heavy atom. The minimum atomic E-state index is -0.410. The SMILES string of the molecule is C=CCc1cc(/C=N/NC(=O)COc2cccc3cccnc23)cc(OC)c1OCc1ccc(Cl)cc1Cl. The first kappa shape index (κ1) is 27.0. The van der Waals surface area contributed by atoms with E-state index >= 15 is 0 Å². The van der Waals surface area contributed by atoms with Crippen molar-refractivity contribution in [3.63, 3.8) is 0 Å². The summed E-state index contributed by atoms with van der Waals surface area (Å²) in [6.07, 6.45) is 5.49. The van der Waals surface area contributed by atoms with Gasteiger partial charge in [-0.3, -0.25) is 9.78 Å². The first-order valence-electron chi connectivity index (χ1n) is 11.7. The molecule has 0 fully saturated rings. The third kappa shape index (κ3) is 6.82. The number of amides is 1. The zero-order valence-corrected chi connectivity index (χ0v) is 22.1. The molecule has 0 aliphatic carbocycles. The van der Waals surface area contributed by atoms with E-state index in [1.54, 1.807) is 43.6 Å². The van der Waals surface area contributed by atoms with Crippen molar-refractivity contribution >= 4 is 46.2 Å². The summed E-state index contributed by atoms with van der Waals surface area (Å²) in [4.78, 5) is 16.6. The van der Waals surface area contributed by atoms with Crippen LogP contribution in [-0.2, 0) is 17.8 Å². The Kier molecular flexibility index (Phi) is 9.19. The van der Waals surface area contributed by atoms with Gasteiger partial charge in [-0.15, -0.1) is 6.58 Å².